The molecule has 7 nitrogen and oxygen atoms in total. The van der Waals surface area contributed by atoms with Gasteiger partial charge in [-0.25, -0.2) is 0 Å². The average molecular weight is 374 g/mol. The molecule has 1 saturated carbocycles. The number of hydrogen-bond donors (Lipinski definition) is 1. The molecule has 0 aromatic heterocycles. The third kappa shape index (κ3) is 3.98. The lowest BCUT2D eigenvalue weighted by Gasteiger charge is -2.43. The highest BCUT2D eigenvalue weighted by atomic mass is 16.5. The van der Waals surface area contributed by atoms with Crippen molar-refractivity contribution in [2.45, 2.75) is 50.9 Å². The van der Waals surface area contributed by atoms with Crippen LogP contribution in [-0.2, 0) is 23.9 Å². The van der Waals surface area contributed by atoms with Crippen LogP contribution in [0.3, 0.4) is 0 Å². The summed E-state index contributed by atoms with van der Waals surface area (Å²) < 4.78 is 10.4. The molecule has 0 unspecified atom stereocenters. The van der Waals surface area contributed by atoms with Gasteiger partial charge in [0.25, 0.3) is 5.91 Å². The molecule has 1 aliphatic heterocycles. The number of carbonyl (C=O) groups excluding carboxylic acids is 3. The van der Waals surface area contributed by atoms with Crippen LogP contribution in [0.5, 0.6) is 0 Å². The Labute approximate surface area is 159 Å². The molecule has 2 fully saturated rings. The number of carbonyl (C=O) groups is 3. The molecule has 2 atom stereocenters. The molecule has 7 heteroatoms. The Kier molecular flexibility index (Phi) is 5.79. The maximum absolute atomic E-state index is 12.9. The third-order valence-corrected chi connectivity index (χ3v) is 5.24. The van der Waals surface area contributed by atoms with Gasteiger partial charge in [0.1, 0.15) is 6.61 Å². The molecule has 1 saturated heterocycles. The summed E-state index contributed by atoms with van der Waals surface area (Å²) in [5, 5.41) is 2.96. The maximum atomic E-state index is 12.9. The highest BCUT2D eigenvalue weighted by Crippen LogP contribution is 2.33. The van der Waals surface area contributed by atoms with Gasteiger partial charge in [-0.3, -0.25) is 14.4 Å². The van der Waals surface area contributed by atoms with Crippen molar-refractivity contribution in [1.29, 1.82) is 0 Å². The van der Waals surface area contributed by atoms with Crippen molar-refractivity contribution in [2.75, 3.05) is 13.7 Å². The Morgan fingerprint density at radius 3 is 2.48 bits per heavy atom. The fourth-order valence-electron chi connectivity index (χ4n) is 3.82. The van der Waals surface area contributed by atoms with E-state index < -0.39 is 12.1 Å². The van der Waals surface area contributed by atoms with Crippen molar-refractivity contribution in [3.8, 4) is 0 Å². The van der Waals surface area contributed by atoms with Crippen LogP contribution in [0.1, 0.15) is 38.3 Å². The van der Waals surface area contributed by atoms with Gasteiger partial charge in [0.15, 0.2) is 6.10 Å². The van der Waals surface area contributed by atoms with E-state index in [0.717, 1.165) is 5.56 Å². The molecule has 2 aliphatic rings. The zero-order chi connectivity index (χ0) is 19.6. The van der Waals surface area contributed by atoms with Crippen LogP contribution in [0.2, 0.25) is 0 Å². The zero-order valence-electron chi connectivity index (χ0n) is 15.9. The minimum Gasteiger partial charge on any atom is -0.469 e. The monoisotopic (exact) mass is 374 g/mol. The minimum atomic E-state index is -0.787. The van der Waals surface area contributed by atoms with E-state index >= 15 is 0 Å². The fraction of sp³-hybridized carbons (Fsp3) is 0.550. The largest absolute Gasteiger partial charge is 0.469 e. The molecule has 0 spiro atoms. The smallest absolute Gasteiger partial charge is 0.308 e. The molecule has 3 rings (SSSR count). The second-order valence-corrected chi connectivity index (χ2v) is 7.38. The summed E-state index contributed by atoms with van der Waals surface area (Å²) in [6.45, 7) is 3.75. The number of nitrogens with zero attached hydrogens (tertiary/aromatic N) is 1. The van der Waals surface area contributed by atoms with Crippen molar-refractivity contribution in [3.05, 3.63) is 35.9 Å². The van der Waals surface area contributed by atoms with Gasteiger partial charge in [-0.1, -0.05) is 30.3 Å². The number of benzene rings is 1. The number of amides is 2. The molecule has 2 amide bonds. The van der Waals surface area contributed by atoms with Gasteiger partial charge in [-0.15, -0.1) is 0 Å². The van der Waals surface area contributed by atoms with Crippen molar-refractivity contribution < 1.29 is 23.9 Å². The molecule has 0 bridgehead atoms. The van der Waals surface area contributed by atoms with Crippen LogP contribution in [0.25, 0.3) is 0 Å². The number of esters is 1. The van der Waals surface area contributed by atoms with Gasteiger partial charge in [0, 0.05) is 12.1 Å². The van der Waals surface area contributed by atoms with Gasteiger partial charge >= 0.3 is 5.97 Å². The normalized spacial score (nSPS) is 27.9. The standard InChI is InChI=1S/C20H26N2O5/c1-12(2)22-16(23)11-27-18(17(22)13-7-5-4-6-8-13)19(24)21-15-9-14(10-15)20(25)26-3/h4-8,12,14-15,17-18H,9-11H2,1-3H3,(H,21,24)/t14?,15?,17-,18+/m1/s1. The van der Waals surface area contributed by atoms with Crippen LogP contribution >= 0.6 is 0 Å². The van der Waals surface area contributed by atoms with Crippen LogP contribution in [-0.4, -0.2) is 54.6 Å². The van der Waals surface area contributed by atoms with Crippen LogP contribution in [0, 0.1) is 5.92 Å². The third-order valence-electron chi connectivity index (χ3n) is 5.24. The van der Waals surface area contributed by atoms with Crippen molar-refractivity contribution >= 4 is 17.8 Å². The molecule has 146 valence electrons. The van der Waals surface area contributed by atoms with E-state index in [1.165, 1.54) is 7.11 Å². The first-order valence-corrected chi connectivity index (χ1v) is 9.28. The quantitative estimate of drug-likeness (QED) is 0.788. The highest BCUT2D eigenvalue weighted by Gasteiger charge is 2.44. The zero-order valence-corrected chi connectivity index (χ0v) is 15.9. The first-order valence-electron chi connectivity index (χ1n) is 9.28. The summed E-state index contributed by atoms with van der Waals surface area (Å²) in [5.74, 6) is -0.785. The lowest BCUT2D eigenvalue weighted by atomic mass is 9.80. The predicted molar refractivity (Wildman–Crippen MR) is 97.6 cm³/mol. The lowest BCUT2D eigenvalue weighted by Crippen LogP contribution is -2.58. The van der Waals surface area contributed by atoms with Crippen LogP contribution in [0.15, 0.2) is 30.3 Å². The molecule has 1 heterocycles. The van der Waals surface area contributed by atoms with Gasteiger partial charge in [0.05, 0.1) is 19.1 Å². The van der Waals surface area contributed by atoms with Gasteiger partial charge in [-0.05, 0) is 32.3 Å². The SMILES string of the molecule is COC(=O)C1CC(NC(=O)[C@H]2OCC(=O)N(C(C)C)[C@@H]2c2ccccc2)C1. The maximum Gasteiger partial charge on any atom is 0.308 e. The first kappa shape index (κ1) is 19.4. The molecular weight excluding hydrogens is 348 g/mol. The van der Waals surface area contributed by atoms with Crippen molar-refractivity contribution in [1.82, 2.24) is 10.2 Å². The van der Waals surface area contributed by atoms with E-state index in [0.29, 0.717) is 12.8 Å². The van der Waals surface area contributed by atoms with E-state index in [-0.39, 0.29) is 42.4 Å². The predicted octanol–water partition coefficient (Wildman–Crippen LogP) is 1.43. The van der Waals surface area contributed by atoms with E-state index in [9.17, 15) is 14.4 Å². The molecule has 1 aromatic carbocycles. The Hall–Kier alpha value is -2.41. The van der Waals surface area contributed by atoms with Crippen LogP contribution in [0.4, 0.5) is 0 Å². The Balaban J connectivity index is 1.75. The number of methoxy groups -OCH3 is 1. The van der Waals surface area contributed by atoms with Crippen molar-refractivity contribution in [2.24, 2.45) is 5.92 Å². The summed E-state index contributed by atoms with van der Waals surface area (Å²) in [4.78, 5) is 38.6. The highest BCUT2D eigenvalue weighted by molar-refractivity contribution is 5.87. The summed E-state index contributed by atoms with van der Waals surface area (Å²) >= 11 is 0. The van der Waals surface area contributed by atoms with Gasteiger partial charge < -0.3 is 19.7 Å². The Bertz CT molecular complexity index is 700. The van der Waals surface area contributed by atoms with E-state index in [1.54, 1.807) is 4.90 Å². The lowest BCUT2D eigenvalue weighted by molar-refractivity contribution is -0.168. The summed E-state index contributed by atoms with van der Waals surface area (Å²) in [7, 11) is 1.37. The van der Waals surface area contributed by atoms with E-state index in [4.69, 9.17) is 9.47 Å². The first-order chi connectivity index (χ1) is 12.9. The second kappa shape index (κ2) is 8.08. The number of nitrogens with one attached hydrogen (secondary N) is 1. The van der Waals surface area contributed by atoms with E-state index in [1.807, 2.05) is 44.2 Å². The van der Waals surface area contributed by atoms with Gasteiger partial charge in [0.2, 0.25) is 5.91 Å². The molecule has 0 radical (unpaired) electrons. The topological polar surface area (TPSA) is 84.9 Å². The number of hydrogen-bond acceptors (Lipinski definition) is 5. The summed E-state index contributed by atoms with van der Waals surface area (Å²) in [6.07, 6.45) is 0.340. The fourth-order valence-corrected chi connectivity index (χ4v) is 3.82. The Morgan fingerprint density at radius 2 is 1.89 bits per heavy atom. The number of rotatable bonds is 5. The molecule has 1 aromatic rings. The van der Waals surface area contributed by atoms with Gasteiger partial charge in [-0.2, -0.15) is 0 Å². The summed E-state index contributed by atoms with van der Waals surface area (Å²) in [6, 6.07) is 8.84. The minimum absolute atomic E-state index is 0.0608. The second-order valence-electron chi connectivity index (χ2n) is 7.38. The molecule has 1 aliphatic carbocycles. The van der Waals surface area contributed by atoms with E-state index in [2.05, 4.69) is 5.32 Å². The van der Waals surface area contributed by atoms with Crippen LogP contribution < -0.4 is 5.32 Å². The molecule has 1 N–H and O–H groups in total. The summed E-state index contributed by atoms with van der Waals surface area (Å²) in [5.41, 5.74) is 0.862. The number of ether oxygens (including phenoxy) is 2. The molecule has 27 heavy (non-hydrogen) atoms. The van der Waals surface area contributed by atoms with Crippen molar-refractivity contribution in [3.63, 3.8) is 0 Å². The molecular formula is C20H26N2O5. The Morgan fingerprint density at radius 1 is 1.22 bits per heavy atom. The average Bonchev–Trinajstić information content (AvgIpc) is 2.63. The number of morpholine rings is 1.